The smallest absolute Gasteiger partial charge is 0.102 e. The molecule has 2 nitrogen and oxygen atoms in total. The van der Waals surface area contributed by atoms with E-state index in [0.717, 1.165) is 22.0 Å². The SMILES string of the molecule is Cc1nc(-c2ccc(Cl)cc2)c(C#N)c2ccccc12. The van der Waals surface area contributed by atoms with E-state index >= 15 is 0 Å². The van der Waals surface area contributed by atoms with Gasteiger partial charge in [0.2, 0.25) is 0 Å². The lowest BCUT2D eigenvalue weighted by Crippen LogP contribution is -1.95. The Morgan fingerprint density at radius 1 is 1.00 bits per heavy atom. The molecule has 0 radical (unpaired) electrons. The third-order valence-electron chi connectivity index (χ3n) is 3.33. The van der Waals surface area contributed by atoms with Gasteiger partial charge in [-0.15, -0.1) is 0 Å². The van der Waals surface area contributed by atoms with Crippen molar-refractivity contribution in [1.82, 2.24) is 4.98 Å². The highest BCUT2D eigenvalue weighted by molar-refractivity contribution is 6.30. The van der Waals surface area contributed by atoms with E-state index in [0.29, 0.717) is 16.3 Å². The van der Waals surface area contributed by atoms with Crippen LogP contribution >= 0.6 is 11.6 Å². The van der Waals surface area contributed by atoms with Crippen molar-refractivity contribution >= 4 is 22.4 Å². The summed E-state index contributed by atoms with van der Waals surface area (Å²) < 4.78 is 0. The van der Waals surface area contributed by atoms with E-state index in [4.69, 9.17) is 11.6 Å². The van der Waals surface area contributed by atoms with Crippen molar-refractivity contribution < 1.29 is 0 Å². The number of rotatable bonds is 1. The van der Waals surface area contributed by atoms with Gasteiger partial charge in [0, 0.05) is 27.1 Å². The van der Waals surface area contributed by atoms with Crippen LogP contribution in [-0.4, -0.2) is 4.98 Å². The molecule has 1 heterocycles. The Morgan fingerprint density at radius 2 is 1.65 bits per heavy atom. The predicted molar refractivity (Wildman–Crippen MR) is 81.6 cm³/mol. The van der Waals surface area contributed by atoms with E-state index < -0.39 is 0 Å². The first kappa shape index (κ1) is 12.7. The third kappa shape index (κ3) is 2.03. The fourth-order valence-electron chi connectivity index (χ4n) is 2.36. The van der Waals surface area contributed by atoms with Crippen molar-refractivity contribution in [2.75, 3.05) is 0 Å². The molecule has 0 aliphatic carbocycles. The number of pyridine rings is 1. The van der Waals surface area contributed by atoms with E-state index in [2.05, 4.69) is 11.1 Å². The van der Waals surface area contributed by atoms with Gasteiger partial charge in [0.1, 0.15) is 6.07 Å². The van der Waals surface area contributed by atoms with Crippen molar-refractivity contribution in [3.63, 3.8) is 0 Å². The molecule has 0 atom stereocenters. The van der Waals surface area contributed by atoms with E-state index in [1.165, 1.54) is 0 Å². The Bertz CT molecular complexity index is 830. The van der Waals surface area contributed by atoms with E-state index in [1.807, 2.05) is 55.5 Å². The zero-order chi connectivity index (χ0) is 14.1. The topological polar surface area (TPSA) is 36.7 Å². The molecular weight excluding hydrogens is 268 g/mol. The Kier molecular flexibility index (Phi) is 3.14. The summed E-state index contributed by atoms with van der Waals surface area (Å²) in [4.78, 5) is 4.61. The summed E-state index contributed by atoms with van der Waals surface area (Å²) in [6, 6.07) is 17.5. The number of aryl methyl sites for hydroxylation is 1. The summed E-state index contributed by atoms with van der Waals surface area (Å²) in [5.41, 5.74) is 3.14. The lowest BCUT2D eigenvalue weighted by Gasteiger charge is -2.09. The predicted octanol–water partition coefficient (Wildman–Crippen LogP) is 4.74. The molecule has 0 spiro atoms. The molecule has 20 heavy (non-hydrogen) atoms. The molecule has 1 aromatic heterocycles. The second kappa shape index (κ2) is 4.96. The lowest BCUT2D eigenvalue weighted by atomic mass is 9.99. The molecule has 0 aliphatic rings. The van der Waals surface area contributed by atoms with Gasteiger partial charge < -0.3 is 0 Å². The first-order valence-electron chi connectivity index (χ1n) is 6.26. The third-order valence-corrected chi connectivity index (χ3v) is 3.58. The second-order valence-corrected chi connectivity index (χ2v) is 5.02. The van der Waals surface area contributed by atoms with Gasteiger partial charge in [0.25, 0.3) is 0 Å². The Hall–Kier alpha value is -2.37. The number of fused-ring (bicyclic) bond motifs is 1. The fourth-order valence-corrected chi connectivity index (χ4v) is 2.48. The normalized spacial score (nSPS) is 10.4. The van der Waals surface area contributed by atoms with Crippen LogP contribution in [0, 0.1) is 18.3 Å². The quantitative estimate of drug-likeness (QED) is 0.645. The van der Waals surface area contributed by atoms with E-state index in [1.54, 1.807) is 0 Å². The van der Waals surface area contributed by atoms with Crippen molar-refractivity contribution in [1.29, 1.82) is 5.26 Å². The molecule has 3 heteroatoms. The zero-order valence-electron chi connectivity index (χ0n) is 10.9. The number of nitriles is 1. The maximum Gasteiger partial charge on any atom is 0.102 e. The summed E-state index contributed by atoms with van der Waals surface area (Å²) in [6.45, 7) is 1.96. The molecule has 0 aliphatic heterocycles. The first-order valence-corrected chi connectivity index (χ1v) is 6.64. The number of hydrogen-bond acceptors (Lipinski definition) is 2. The zero-order valence-corrected chi connectivity index (χ0v) is 11.6. The maximum absolute atomic E-state index is 9.51. The fraction of sp³-hybridized carbons (Fsp3) is 0.0588. The van der Waals surface area contributed by atoms with Gasteiger partial charge in [0.15, 0.2) is 0 Å². The molecule has 3 rings (SSSR count). The van der Waals surface area contributed by atoms with Crippen LogP contribution in [0.4, 0.5) is 0 Å². The molecule has 0 saturated carbocycles. The van der Waals surface area contributed by atoms with Gasteiger partial charge in [0.05, 0.1) is 11.3 Å². The van der Waals surface area contributed by atoms with Crippen LogP contribution in [0.2, 0.25) is 5.02 Å². The molecule has 0 fully saturated rings. The van der Waals surface area contributed by atoms with Gasteiger partial charge >= 0.3 is 0 Å². The standard InChI is InChI=1S/C17H11ClN2/c1-11-14-4-2-3-5-15(14)16(10-19)17(20-11)12-6-8-13(18)9-7-12/h2-9H,1H3. The molecule has 0 bridgehead atoms. The minimum absolute atomic E-state index is 0.605. The average Bonchev–Trinajstić information content (AvgIpc) is 2.48. The maximum atomic E-state index is 9.51. The monoisotopic (exact) mass is 278 g/mol. The van der Waals surface area contributed by atoms with Crippen LogP contribution in [0.15, 0.2) is 48.5 Å². The number of hydrogen-bond donors (Lipinski definition) is 0. The molecule has 0 unspecified atom stereocenters. The molecular formula is C17H11ClN2. The van der Waals surface area contributed by atoms with Crippen LogP contribution in [0.3, 0.4) is 0 Å². The molecule has 2 aromatic carbocycles. The van der Waals surface area contributed by atoms with Crippen LogP contribution in [-0.2, 0) is 0 Å². The minimum atomic E-state index is 0.605. The molecule has 0 saturated heterocycles. The van der Waals surface area contributed by atoms with E-state index in [-0.39, 0.29) is 0 Å². The highest BCUT2D eigenvalue weighted by atomic mass is 35.5. The Labute approximate surface area is 122 Å². The van der Waals surface area contributed by atoms with E-state index in [9.17, 15) is 5.26 Å². The van der Waals surface area contributed by atoms with Crippen LogP contribution < -0.4 is 0 Å². The average molecular weight is 279 g/mol. The van der Waals surface area contributed by atoms with Crippen LogP contribution in [0.5, 0.6) is 0 Å². The van der Waals surface area contributed by atoms with Gasteiger partial charge in [-0.1, -0.05) is 48.0 Å². The van der Waals surface area contributed by atoms with Crippen molar-refractivity contribution in [3.05, 3.63) is 64.8 Å². The van der Waals surface area contributed by atoms with Crippen molar-refractivity contribution in [2.45, 2.75) is 6.92 Å². The van der Waals surface area contributed by atoms with Crippen molar-refractivity contribution in [3.8, 4) is 17.3 Å². The summed E-state index contributed by atoms with van der Waals surface area (Å²) in [5, 5.41) is 12.1. The number of benzene rings is 2. The van der Waals surface area contributed by atoms with Gasteiger partial charge in [-0.3, -0.25) is 4.98 Å². The van der Waals surface area contributed by atoms with Crippen LogP contribution in [0.1, 0.15) is 11.3 Å². The number of nitrogens with zero attached hydrogens (tertiary/aromatic N) is 2. The highest BCUT2D eigenvalue weighted by Gasteiger charge is 2.13. The highest BCUT2D eigenvalue weighted by Crippen LogP contribution is 2.30. The number of aromatic nitrogens is 1. The van der Waals surface area contributed by atoms with Gasteiger partial charge in [-0.25, -0.2) is 0 Å². The molecule has 0 amide bonds. The Morgan fingerprint density at radius 3 is 2.30 bits per heavy atom. The van der Waals surface area contributed by atoms with Gasteiger partial charge in [-0.05, 0) is 19.1 Å². The van der Waals surface area contributed by atoms with Gasteiger partial charge in [-0.2, -0.15) is 5.26 Å². The minimum Gasteiger partial charge on any atom is -0.251 e. The largest absolute Gasteiger partial charge is 0.251 e. The molecule has 96 valence electrons. The summed E-state index contributed by atoms with van der Waals surface area (Å²) in [5.74, 6) is 0. The number of halogens is 1. The molecule has 3 aromatic rings. The molecule has 0 N–H and O–H groups in total. The second-order valence-electron chi connectivity index (χ2n) is 4.59. The Balaban J connectivity index is 2.36. The summed E-state index contributed by atoms with van der Waals surface area (Å²) in [7, 11) is 0. The summed E-state index contributed by atoms with van der Waals surface area (Å²) >= 11 is 5.91. The summed E-state index contributed by atoms with van der Waals surface area (Å²) in [6.07, 6.45) is 0. The van der Waals surface area contributed by atoms with Crippen LogP contribution in [0.25, 0.3) is 22.0 Å². The van der Waals surface area contributed by atoms with Crippen molar-refractivity contribution in [2.24, 2.45) is 0 Å². The lowest BCUT2D eigenvalue weighted by molar-refractivity contribution is 1.23. The first-order chi connectivity index (χ1) is 9.70.